The maximum absolute atomic E-state index is 11.8. The predicted molar refractivity (Wildman–Crippen MR) is 76.7 cm³/mol. The minimum Gasteiger partial charge on any atom is -0.496 e. The van der Waals surface area contributed by atoms with Gasteiger partial charge in [0.05, 0.1) is 31.4 Å². The average molecular weight is 331 g/mol. The largest absolute Gasteiger partial charge is 0.496 e. The summed E-state index contributed by atoms with van der Waals surface area (Å²) in [6.07, 6.45) is 0.837. The molecule has 0 heterocycles. The van der Waals surface area contributed by atoms with Gasteiger partial charge in [-0.2, -0.15) is 0 Å². The van der Waals surface area contributed by atoms with Gasteiger partial charge in [0, 0.05) is 20.0 Å². The van der Waals surface area contributed by atoms with Crippen LogP contribution in [0.4, 0.5) is 0 Å². The highest BCUT2D eigenvalue weighted by molar-refractivity contribution is 9.10. The first kappa shape index (κ1) is 16.1. The third kappa shape index (κ3) is 6.18. The minimum atomic E-state index is 0.162. The van der Waals surface area contributed by atoms with Crippen molar-refractivity contribution >= 4 is 21.7 Å². The Morgan fingerprint density at radius 1 is 1.21 bits per heavy atom. The lowest BCUT2D eigenvalue weighted by Crippen LogP contribution is -2.09. The van der Waals surface area contributed by atoms with Crippen LogP contribution in [0.2, 0.25) is 0 Å². The molecule has 19 heavy (non-hydrogen) atoms. The van der Waals surface area contributed by atoms with Crippen molar-refractivity contribution in [1.82, 2.24) is 0 Å². The van der Waals surface area contributed by atoms with Crippen molar-refractivity contribution in [2.75, 3.05) is 34.0 Å². The van der Waals surface area contributed by atoms with Crippen LogP contribution >= 0.6 is 15.9 Å². The van der Waals surface area contributed by atoms with Gasteiger partial charge in [-0.3, -0.25) is 4.79 Å². The van der Waals surface area contributed by atoms with E-state index in [0.29, 0.717) is 32.7 Å². The van der Waals surface area contributed by atoms with Gasteiger partial charge < -0.3 is 14.2 Å². The second kappa shape index (κ2) is 9.07. The van der Waals surface area contributed by atoms with E-state index in [4.69, 9.17) is 14.2 Å². The number of hydrogen-bond donors (Lipinski definition) is 0. The number of ketones is 1. The monoisotopic (exact) mass is 330 g/mol. The molecule has 0 aromatic heterocycles. The zero-order chi connectivity index (χ0) is 14.1. The molecule has 4 nitrogen and oxygen atoms in total. The lowest BCUT2D eigenvalue weighted by atomic mass is 10.1. The lowest BCUT2D eigenvalue weighted by molar-refractivity contribution is -0.119. The SMILES string of the molecule is COCCOCCC(=O)Cc1ccc(OC)c(Br)c1. The topological polar surface area (TPSA) is 44.8 Å². The summed E-state index contributed by atoms with van der Waals surface area (Å²) in [7, 11) is 3.23. The molecule has 0 aliphatic rings. The molecule has 0 radical (unpaired) electrons. The molecular weight excluding hydrogens is 312 g/mol. The molecule has 1 rings (SSSR count). The van der Waals surface area contributed by atoms with Crippen LogP contribution in [0.5, 0.6) is 5.75 Å². The highest BCUT2D eigenvalue weighted by Crippen LogP contribution is 2.25. The van der Waals surface area contributed by atoms with Crippen LogP contribution in [0, 0.1) is 0 Å². The number of benzene rings is 1. The highest BCUT2D eigenvalue weighted by atomic mass is 79.9. The number of Topliss-reactive ketones (excluding diaryl/α,β-unsaturated/α-hetero) is 1. The van der Waals surface area contributed by atoms with Crippen molar-refractivity contribution in [3.8, 4) is 5.75 Å². The standard InChI is InChI=1S/C14H19BrO4/c1-17-7-8-19-6-5-12(16)9-11-3-4-14(18-2)13(15)10-11/h3-4,10H,5-9H2,1-2H3. The van der Waals surface area contributed by atoms with E-state index in [-0.39, 0.29) is 5.78 Å². The van der Waals surface area contributed by atoms with Crippen molar-refractivity contribution in [2.24, 2.45) is 0 Å². The van der Waals surface area contributed by atoms with Gasteiger partial charge in [0.1, 0.15) is 11.5 Å². The van der Waals surface area contributed by atoms with Gasteiger partial charge in [0.25, 0.3) is 0 Å². The van der Waals surface area contributed by atoms with Crippen molar-refractivity contribution in [3.63, 3.8) is 0 Å². The minimum absolute atomic E-state index is 0.162. The molecule has 0 fully saturated rings. The van der Waals surface area contributed by atoms with E-state index >= 15 is 0 Å². The van der Waals surface area contributed by atoms with Crippen molar-refractivity contribution < 1.29 is 19.0 Å². The third-order valence-electron chi connectivity index (χ3n) is 2.57. The molecule has 0 aliphatic heterocycles. The van der Waals surface area contributed by atoms with Crippen LogP contribution in [0.1, 0.15) is 12.0 Å². The third-order valence-corrected chi connectivity index (χ3v) is 3.19. The smallest absolute Gasteiger partial charge is 0.139 e. The molecule has 0 unspecified atom stereocenters. The van der Waals surface area contributed by atoms with Gasteiger partial charge in [-0.15, -0.1) is 0 Å². The molecule has 0 aliphatic carbocycles. The zero-order valence-electron chi connectivity index (χ0n) is 11.3. The van der Waals surface area contributed by atoms with E-state index in [0.717, 1.165) is 15.8 Å². The second-order valence-corrected chi connectivity index (χ2v) is 4.89. The number of carbonyl (C=O) groups excluding carboxylic acids is 1. The normalized spacial score (nSPS) is 10.5. The van der Waals surface area contributed by atoms with Gasteiger partial charge in [-0.1, -0.05) is 6.07 Å². The van der Waals surface area contributed by atoms with Gasteiger partial charge >= 0.3 is 0 Å². The molecule has 5 heteroatoms. The fraction of sp³-hybridized carbons (Fsp3) is 0.500. The Kier molecular flexibility index (Phi) is 7.70. The molecule has 0 spiro atoms. The van der Waals surface area contributed by atoms with Crippen molar-refractivity contribution in [2.45, 2.75) is 12.8 Å². The van der Waals surface area contributed by atoms with E-state index < -0.39 is 0 Å². The maximum atomic E-state index is 11.8. The molecule has 0 atom stereocenters. The first-order valence-electron chi connectivity index (χ1n) is 6.08. The van der Waals surface area contributed by atoms with E-state index in [1.165, 1.54) is 0 Å². The summed E-state index contributed by atoms with van der Waals surface area (Å²) in [6, 6.07) is 5.65. The number of carbonyl (C=O) groups is 1. The second-order valence-electron chi connectivity index (χ2n) is 4.04. The van der Waals surface area contributed by atoms with Crippen molar-refractivity contribution in [3.05, 3.63) is 28.2 Å². The fourth-order valence-corrected chi connectivity index (χ4v) is 2.15. The summed E-state index contributed by atoms with van der Waals surface area (Å²) in [5.41, 5.74) is 0.967. The number of halogens is 1. The number of hydrogen-bond acceptors (Lipinski definition) is 4. The van der Waals surface area contributed by atoms with Crippen LogP contribution in [-0.4, -0.2) is 39.8 Å². The molecule has 0 amide bonds. The van der Waals surface area contributed by atoms with E-state index in [1.807, 2.05) is 18.2 Å². The molecular formula is C14H19BrO4. The molecule has 0 saturated carbocycles. The summed E-state index contributed by atoms with van der Waals surface area (Å²) in [5.74, 6) is 0.925. The fourth-order valence-electron chi connectivity index (χ4n) is 1.57. The average Bonchev–Trinajstić information content (AvgIpc) is 2.39. The first-order chi connectivity index (χ1) is 9.17. The van der Waals surface area contributed by atoms with E-state index in [9.17, 15) is 4.79 Å². The Bertz CT molecular complexity index is 406. The maximum Gasteiger partial charge on any atom is 0.139 e. The van der Waals surface area contributed by atoms with Gasteiger partial charge in [-0.05, 0) is 33.6 Å². The number of rotatable bonds is 9. The number of ether oxygens (including phenoxy) is 3. The first-order valence-corrected chi connectivity index (χ1v) is 6.87. The molecule has 1 aromatic rings. The van der Waals surface area contributed by atoms with Crippen LogP contribution in [0.3, 0.4) is 0 Å². The summed E-state index contributed by atoms with van der Waals surface area (Å²) in [4.78, 5) is 11.8. The Labute approximate surface area is 122 Å². The zero-order valence-corrected chi connectivity index (χ0v) is 12.9. The Hall–Kier alpha value is -0.910. The van der Waals surface area contributed by atoms with Gasteiger partial charge in [0.2, 0.25) is 0 Å². The van der Waals surface area contributed by atoms with Crippen LogP contribution < -0.4 is 4.74 Å². The van der Waals surface area contributed by atoms with Crippen LogP contribution in [0.25, 0.3) is 0 Å². The summed E-state index contributed by atoms with van der Waals surface area (Å²) in [5, 5.41) is 0. The Morgan fingerprint density at radius 3 is 2.63 bits per heavy atom. The highest BCUT2D eigenvalue weighted by Gasteiger charge is 2.06. The predicted octanol–water partition coefficient (Wildman–Crippen LogP) is 2.62. The Morgan fingerprint density at radius 2 is 2.00 bits per heavy atom. The number of methoxy groups -OCH3 is 2. The molecule has 1 aromatic carbocycles. The molecule has 0 N–H and O–H groups in total. The summed E-state index contributed by atoms with van der Waals surface area (Å²) < 4.78 is 16.1. The van der Waals surface area contributed by atoms with Crippen molar-refractivity contribution in [1.29, 1.82) is 0 Å². The van der Waals surface area contributed by atoms with E-state index in [2.05, 4.69) is 15.9 Å². The van der Waals surface area contributed by atoms with Crippen LogP contribution in [-0.2, 0) is 20.7 Å². The van der Waals surface area contributed by atoms with E-state index in [1.54, 1.807) is 14.2 Å². The van der Waals surface area contributed by atoms with Gasteiger partial charge in [-0.25, -0.2) is 0 Å². The molecule has 106 valence electrons. The van der Waals surface area contributed by atoms with Crippen LogP contribution in [0.15, 0.2) is 22.7 Å². The quantitative estimate of drug-likeness (QED) is 0.653. The molecule has 0 saturated heterocycles. The van der Waals surface area contributed by atoms with Gasteiger partial charge in [0.15, 0.2) is 0 Å². The Balaban J connectivity index is 2.34. The summed E-state index contributed by atoms with van der Waals surface area (Å²) in [6.45, 7) is 1.52. The lowest BCUT2D eigenvalue weighted by Gasteiger charge is -2.06. The molecule has 0 bridgehead atoms. The summed E-state index contributed by atoms with van der Waals surface area (Å²) >= 11 is 3.40.